The molecule has 0 saturated heterocycles. The monoisotopic (exact) mass is 200 g/mol. The Bertz CT molecular complexity index is 283. The second-order valence-electron chi connectivity index (χ2n) is 3.56. The molecule has 1 aromatic rings. The SMILES string of the molecule is Cc1ccc(F)c(CC(C)CCl)c1. The predicted octanol–water partition coefficient (Wildman–Crippen LogP) is 3.55. The Labute approximate surface area is 83.7 Å². The van der Waals surface area contributed by atoms with Crippen molar-refractivity contribution in [2.24, 2.45) is 5.92 Å². The maximum atomic E-state index is 13.2. The first-order valence-corrected chi connectivity index (χ1v) is 4.98. The quantitative estimate of drug-likeness (QED) is 0.655. The van der Waals surface area contributed by atoms with Gasteiger partial charge in [-0.3, -0.25) is 0 Å². The van der Waals surface area contributed by atoms with Crippen LogP contribution in [0.25, 0.3) is 0 Å². The predicted molar refractivity (Wildman–Crippen MR) is 54.7 cm³/mol. The van der Waals surface area contributed by atoms with Crippen LogP contribution in [-0.4, -0.2) is 5.88 Å². The average Bonchev–Trinajstić information content (AvgIpc) is 2.11. The summed E-state index contributed by atoms with van der Waals surface area (Å²) in [6.45, 7) is 3.99. The number of hydrogen-bond acceptors (Lipinski definition) is 0. The third-order valence-corrected chi connectivity index (χ3v) is 2.56. The van der Waals surface area contributed by atoms with E-state index in [1.807, 2.05) is 19.9 Å². The van der Waals surface area contributed by atoms with Gasteiger partial charge in [0.15, 0.2) is 0 Å². The van der Waals surface area contributed by atoms with E-state index in [-0.39, 0.29) is 5.82 Å². The van der Waals surface area contributed by atoms with Crippen LogP contribution in [0.2, 0.25) is 0 Å². The first-order valence-electron chi connectivity index (χ1n) is 4.44. The van der Waals surface area contributed by atoms with Crippen molar-refractivity contribution in [2.45, 2.75) is 20.3 Å². The molecule has 0 fully saturated rings. The lowest BCUT2D eigenvalue weighted by molar-refractivity contribution is 0.576. The van der Waals surface area contributed by atoms with E-state index in [1.165, 1.54) is 6.07 Å². The van der Waals surface area contributed by atoms with Crippen LogP contribution in [0.15, 0.2) is 18.2 Å². The molecule has 1 atom stereocenters. The van der Waals surface area contributed by atoms with Gasteiger partial charge in [-0.25, -0.2) is 4.39 Å². The van der Waals surface area contributed by atoms with E-state index < -0.39 is 0 Å². The van der Waals surface area contributed by atoms with Gasteiger partial charge in [0, 0.05) is 5.88 Å². The van der Waals surface area contributed by atoms with Crippen molar-refractivity contribution in [3.8, 4) is 0 Å². The van der Waals surface area contributed by atoms with Crippen LogP contribution < -0.4 is 0 Å². The van der Waals surface area contributed by atoms with Crippen molar-refractivity contribution < 1.29 is 4.39 Å². The van der Waals surface area contributed by atoms with Gasteiger partial charge in [0.2, 0.25) is 0 Å². The fourth-order valence-electron chi connectivity index (χ4n) is 1.29. The molecule has 1 unspecified atom stereocenters. The smallest absolute Gasteiger partial charge is 0.126 e. The van der Waals surface area contributed by atoms with Crippen molar-refractivity contribution in [2.75, 3.05) is 5.88 Å². The molecule has 0 spiro atoms. The van der Waals surface area contributed by atoms with Crippen molar-refractivity contribution in [3.05, 3.63) is 35.1 Å². The largest absolute Gasteiger partial charge is 0.207 e. The molecule has 0 heterocycles. The van der Waals surface area contributed by atoms with Gasteiger partial charge in [-0.1, -0.05) is 24.6 Å². The van der Waals surface area contributed by atoms with E-state index in [9.17, 15) is 4.39 Å². The summed E-state index contributed by atoms with van der Waals surface area (Å²) in [6.07, 6.45) is 0.719. The Hall–Kier alpha value is -0.560. The molecule has 1 rings (SSSR count). The molecule has 0 radical (unpaired) electrons. The zero-order chi connectivity index (χ0) is 9.84. The number of halogens is 2. The van der Waals surface area contributed by atoms with E-state index in [1.54, 1.807) is 6.07 Å². The summed E-state index contributed by atoms with van der Waals surface area (Å²) in [5.41, 5.74) is 1.87. The fourth-order valence-corrected chi connectivity index (χ4v) is 1.40. The van der Waals surface area contributed by atoms with Crippen molar-refractivity contribution >= 4 is 11.6 Å². The number of hydrogen-bond donors (Lipinski definition) is 0. The Morgan fingerprint density at radius 1 is 1.46 bits per heavy atom. The molecule has 0 aliphatic heterocycles. The standard InChI is InChI=1S/C11H14ClF/c1-8-3-4-11(13)10(5-8)6-9(2)7-12/h3-5,9H,6-7H2,1-2H3. The van der Waals surface area contributed by atoms with Crippen LogP contribution in [0, 0.1) is 18.7 Å². The minimum atomic E-state index is -0.123. The maximum absolute atomic E-state index is 13.2. The molecule has 0 aliphatic rings. The summed E-state index contributed by atoms with van der Waals surface area (Å²) >= 11 is 5.67. The van der Waals surface area contributed by atoms with Gasteiger partial charge in [-0.15, -0.1) is 11.6 Å². The molecule has 0 saturated carbocycles. The minimum Gasteiger partial charge on any atom is -0.207 e. The molecule has 0 nitrogen and oxygen atoms in total. The maximum Gasteiger partial charge on any atom is 0.126 e. The van der Waals surface area contributed by atoms with E-state index in [4.69, 9.17) is 11.6 Å². The van der Waals surface area contributed by atoms with E-state index in [2.05, 4.69) is 0 Å². The van der Waals surface area contributed by atoms with Gasteiger partial charge < -0.3 is 0 Å². The van der Waals surface area contributed by atoms with Crippen LogP contribution >= 0.6 is 11.6 Å². The third kappa shape index (κ3) is 3.00. The average molecular weight is 201 g/mol. The van der Waals surface area contributed by atoms with Gasteiger partial charge in [0.25, 0.3) is 0 Å². The zero-order valence-corrected chi connectivity index (χ0v) is 8.74. The fraction of sp³-hybridized carbons (Fsp3) is 0.455. The molecule has 72 valence electrons. The van der Waals surface area contributed by atoms with Crippen LogP contribution in [0.4, 0.5) is 4.39 Å². The molecule has 1 aromatic carbocycles. The second kappa shape index (κ2) is 4.61. The Balaban J connectivity index is 2.81. The Morgan fingerprint density at radius 2 is 2.15 bits per heavy atom. The third-order valence-electron chi connectivity index (χ3n) is 2.03. The lowest BCUT2D eigenvalue weighted by Gasteiger charge is -2.08. The van der Waals surface area contributed by atoms with Crippen molar-refractivity contribution in [3.63, 3.8) is 0 Å². The summed E-state index contributed by atoms with van der Waals surface area (Å²) in [5.74, 6) is 0.786. The molecule has 0 aromatic heterocycles. The molecular weight excluding hydrogens is 187 g/mol. The highest BCUT2D eigenvalue weighted by atomic mass is 35.5. The number of alkyl halides is 1. The first kappa shape index (κ1) is 10.5. The van der Waals surface area contributed by atoms with Gasteiger partial charge >= 0.3 is 0 Å². The van der Waals surface area contributed by atoms with Gasteiger partial charge in [-0.05, 0) is 30.9 Å². The molecule has 0 amide bonds. The zero-order valence-electron chi connectivity index (χ0n) is 7.98. The highest BCUT2D eigenvalue weighted by Crippen LogP contribution is 2.15. The van der Waals surface area contributed by atoms with Crippen LogP contribution in [0.3, 0.4) is 0 Å². The normalized spacial score (nSPS) is 12.9. The molecular formula is C11H14ClF. The summed E-state index contributed by atoms with van der Waals surface area (Å²) < 4.78 is 13.2. The topological polar surface area (TPSA) is 0 Å². The molecule has 2 heteroatoms. The minimum absolute atomic E-state index is 0.123. The van der Waals surface area contributed by atoms with E-state index >= 15 is 0 Å². The summed E-state index contributed by atoms with van der Waals surface area (Å²) in [5, 5.41) is 0. The molecule has 0 bridgehead atoms. The second-order valence-corrected chi connectivity index (χ2v) is 3.87. The van der Waals surface area contributed by atoms with Gasteiger partial charge in [-0.2, -0.15) is 0 Å². The first-order chi connectivity index (χ1) is 6.13. The van der Waals surface area contributed by atoms with E-state index in [0.29, 0.717) is 11.8 Å². The molecule has 0 aliphatic carbocycles. The van der Waals surface area contributed by atoms with Crippen LogP contribution in [0.5, 0.6) is 0 Å². The summed E-state index contributed by atoms with van der Waals surface area (Å²) in [7, 11) is 0. The Kier molecular flexibility index (Phi) is 3.73. The summed E-state index contributed by atoms with van der Waals surface area (Å²) in [6, 6.07) is 5.19. The highest BCUT2D eigenvalue weighted by molar-refractivity contribution is 6.18. The van der Waals surface area contributed by atoms with Crippen molar-refractivity contribution in [1.29, 1.82) is 0 Å². The highest BCUT2D eigenvalue weighted by Gasteiger charge is 2.06. The van der Waals surface area contributed by atoms with Crippen molar-refractivity contribution in [1.82, 2.24) is 0 Å². The van der Waals surface area contributed by atoms with E-state index in [0.717, 1.165) is 17.5 Å². The lowest BCUT2D eigenvalue weighted by Crippen LogP contribution is -2.03. The van der Waals surface area contributed by atoms with Crippen LogP contribution in [0.1, 0.15) is 18.1 Å². The number of rotatable bonds is 3. The Morgan fingerprint density at radius 3 is 2.77 bits per heavy atom. The summed E-state index contributed by atoms with van der Waals surface area (Å²) in [4.78, 5) is 0. The lowest BCUT2D eigenvalue weighted by atomic mass is 10.0. The molecule has 0 N–H and O–H groups in total. The number of aryl methyl sites for hydroxylation is 1. The van der Waals surface area contributed by atoms with Crippen LogP contribution in [-0.2, 0) is 6.42 Å². The molecule has 13 heavy (non-hydrogen) atoms. The van der Waals surface area contributed by atoms with Gasteiger partial charge in [0.1, 0.15) is 5.82 Å². The van der Waals surface area contributed by atoms with Gasteiger partial charge in [0.05, 0.1) is 0 Å². The number of benzene rings is 1.